The fourth-order valence-electron chi connectivity index (χ4n) is 7.94. The zero-order chi connectivity index (χ0) is 41.4. The van der Waals surface area contributed by atoms with Gasteiger partial charge in [-0.1, -0.05) is 67.4 Å². The predicted octanol–water partition coefficient (Wildman–Crippen LogP) is 2.84. The molecule has 2 aromatic rings. The molecule has 0 radical (unpaired) electrons. The lowest BCUT2D eigenvalue weighted by atomic mass is 9.94. The van der Waals surface area contributed by atoms with Crippen LogP contribution in [0.1, 0.15) is 62.8 Å². The van der Waals surface area contributed by atoms with E-state index in [0.717, 1.165) is 24.0 Å². The molecule has 16 heteroatoms. The molecular weight excluding hydrogens is 775 g/mol. The number of nitrogens with one attached hydrogen (secondary N) is 4. The monoisotopic (exact) mass is 824 g/mol. The van der Waals surface area contributed by atoms with Crippen molar-refractivity contribution in [3.8, 4) is 0 Å². The molecule has 6 amide bonds. The van der Waals surface area contributed by atoms with Crippen molar-refractivity contribution in [3.05, 3.63) is 71.3 Å². The Morgan fingerprint density at radius 1 is 0.895 bits per heavy atom. The number of alkyl halides is 2. The molecule has 6 atom stereocenters. The third-order valence-electron chi connectivity index (χ3n) is 11.0. The molecule has 1 heterocycles. The summed E-state index contributed by atoms with van der Waals surface area (Å²) >= 11 is 13.3. The summed E-state index contributed by atoms with van der Waals surface area (Å²) in [6.45, 7) is 4.58. The smallest absolute Gasteiger partial charge is 0.408 e. The molecule has 4 N–H and O–H groups in total. The van der Waals surface area contributed by atoms with Gasteiger partial charge in [-0.25, -0.2) is 4.79 Å². The Kier molecular flexibility index (Phi) is 12.3. The summed E-state index contributed by atoms with van der Waals surface area (Å²) in [6, 6.07) is 11.8. The van der Waals surface area contributed by atoms with E-state index in [-0.39, 0.29) is 30.7 Å². The van der Waals surface area contributed by atoms with Crippen LogP contribution < -0.4 is 21.3 Å². The lowest BCUT2D eigenvalue weighted by molar-refractivity contribution is -0.144. The zero-order valence-electron chi connectivity index (χ0n) is 32.7. The van der Waals surface area contributed by atoms with E-state index < -0.39 is 88.0 Å². The van der Waals surface area contributed by atoms with Crippen molar-refractivity contribution in [1.29, 1.82) is 0 Å². The molecule has 1 unspecified atom stereocenters. The van der Waals surface area contributed by atoms with Gasteiger partial charge in [0.25, 0.3) is 5.91 Å². The van der Waals surface area contributed by atoms with Gasteiger partial charge in [0.05, 0.1) is 12.6 Å². The first kappa shape index (κ1) is 41.9. The SMILES string of the molecule is CN(C)C(=O)[C@@H](NC(=O)CNC(=O)C(=O)C(CC1CC1)NC(=O)[C@@H]1[C@@H]2[C@H](CN1C(=O)[C@@H](NC(=O)OC(C)(C)C)C1Cc3ccccc3C1)C2(Cl)Cl)c1ccccc1. The van der Waals surface area contributed by atoms with Gasteiger partial charge in [0, 0.05) is 32.5 Å². The third kappa shape index (κ3) is 9.72. The van der Waals surface area contributed by atoms with Crippen molar-refractivity contribution in [3.63, 3.8) is 0 Å². The largest absolute Gasteiger partial charge is 0.444 e. The van der Waals surface area contributed by atoms with Crippen molar-refractivity contribution in [2.75, 3.05) is 27.2 Å². The topological polar surface area (TPSA) is 183 Å². The summed E-state index contributed by atoms with van der Waals surface area (Å²) < 4.78 is 4.23. The molecule has 1 aliphatic heterocycles. The molecule has 4 aliphatic rings. The number of piperidine rings is 1. The van der Waals surface area contributed by atoms with Crippen molar-refractivity contribution in [2.24, 2.45) is 23.7 Å². The number of benzene rings is 2. The Morgan fingerprint density at radius 2 is 1.51 bits per heavy atom. The molecule has 14 nitrogen and oxygen atoms in total. The molecular formula is C41H50Cl2N6O8. The van der Waals surface area contributed by atoms with E-state index >= 15 is 0 Å². The van der Waals surface area contributed by atoms with Gasteiger partial charge in [0.2, 0.25) is 29.4 Å². The molecule has 0 bridgehead atoms. The predicted molar refractivity (Wildman–Crippen MR) is 211 cm³/mol. The average molecular weight is 826 g/mol. The number of hydrogen-bond donors (Lipinski definition) is 4. The number of likely N-dealkylation sites (N-methyl/N-ethyl adjacent to an activating group) is 1. The second-order valence-electron chi connectivity index (χ2n) is 16.7. The van der Waals surface area contributed by atoms with Gasteiger partial charge in [-0.05, 0) is 68.6 Å². The molecule has 2 saturated carbocycles. The van der Waals surface area contributed by atoms with Gasteiger partial charge >= 0.3 is 6.09 Å². The van der Waals surface area contributed by atoms with Gasteiger partial charge in [0.1, 0.15) is 28.1 Å². The maximum atomic E-state index is 14.6. The fraction of sp³-hybridized carbons (Fsp3) is 0.537. The van der Waals surface area contributed by atoms with Crippen LogP contribution in [0.3, 0.4) is 0 Å². The summed E-state index contributed by atoms with van der Waals surface area (Å²) in [6.07, 6.45) is 2.02. The summed E-state index contributed by atoms with van der Waals surface area (Å²) in [5, 5.41) is 10.5. The number of fused-ring (bicyclic) bond motifs is 2. The molecule has 2 aromatic carbocycles. The average Bonchev–Trinajstić information content (AvgIpc) is 3.91. The molecule has 306 valence electrons. The number of halogens is 2. The van der Waals surface area contributed by atoms with E-state index in [1.54, 1.807) is 65.2 Å². The van der Waals surface area contributed by atoms with Crippen LogP contribution in [0.4, 0.5) is 4.79 Å². The zero-order valence-corrected chi connectivity index (χ0v) is 34.2. The van der Waals surface area contributed by atoms with Gasteiger partial charge in [0.15, 0.2) is 0 Å². The number of likely N-dealkylation sites (tertiary alicyclic amines) is 1. The first-order valence-electron chi connectivity index (χ1n) is 19.3. The fourth-order valence-corrected chi connectivity index (χ4v) is 8.77. The highest BCUT2D eigenvalue weighted by Crippen LogP contribution is 2.65. The Balaban J connectivity index is 1.15. The van der Waals surface area contributed by atoms with Crippen LogP contribution in [0.2, 0.25) is 0 Å². The highest BCUT2D eigenvalue weighted by Gasteiger charge is 2.74. The molecule has 3 aliphatic carbocycles. The van der Waals surface area contributed by atoms with Gasteiger partial charge in [-0.15, -0.1) is 23.2 Å². The van der Waals surface area contributed by atoms with Crippen molar-refractivity contribution in [1.82, 2.24) is 31.1 Å². The van der Waals surface area contributed by atoms with Gasteiger partial charge in [-0.3, -0.25) is 28.8 Å². The number of amides is 6. The van der Waals surface area contributed by atoms with Crippen LogP contribution in [0.15, 0.2) is 54.6 Å². The second-order valence-corrected chi connectivity index (χ2v) is 18.2. The number of carbonyl (C=O) groups excluding carboxylic acids is 7. The summed E-state index contributed by atoms with van der Waals surface area (Å²) in [7, 11) is 3.11. The van der Waals surface area contributed by atoms with Crippen LogP contribution in [-0.4, -0.2) is 106 Å². The van der Waals surface area contributed by atoms with E-state index in [0.29, 0.717) is 18.4 Å². The van der Waals surface area contributed by atoms with E-state index in [9.17, 15) is 33.6 Å². The standard InChI is InChI=1S/C41H50Cl2N6O8/c1-40(2,3)57-39(56)47-32(26-18-24-13-9-10-14-25(24)19-26)38(55)49-21-27-30(41(27,42)43)33(49)35(52)45-28(17-22-15-16-22)34(51)36(53)44-20-29(50)46-31(37(54)48(4)5)23-11-7-6-8-12-23/h6-14,22,26-28,30-33H,15-21H2,1-5H3,(H,44,53)(H,45,52)(H,46,50)(H,47,56)/t27-,28?,30-,31-,32-,33-/m0/s1. The molecule has 0 aromatic heterocycles. The summed E-state index contributed by atoms with van der Waals surface area (Å²) in [5.41, 5.74) is 1.82. The number of hydrogen-bond acceptors (Lipinski definition) is 8. The Bertz CT molecular complexity index is 1890. The number of rotatable bonds is 14. The number of nitrogens with zero attached hydrogens (tertiary/aromatic N) is 2. The van der Waals surface area contributed by atoms with Crippen LogP contribution in [0.25, 0.3) is 0 Å². The molecule has 1 saturated heterocycles. The lowest BCUT2D eigenvalue weighted by Crippen LogP contribution is -2.60. The lowest BCUT2D eigenvalue weighted by Gasteiger charge is -2.35. The van der Waals surface area contributed by atoms with Crippen LogP contribution in [0.5, 0.6) is 0 Å². The summed E-state index contributed by atoms with van der Waals surface area (Å²) in [5.74, 6) is -5.73. The minimum atomic E-state index is -1.30. The molecule has 0 spiro atoms. The highest BCUT2D eigenvalue weighted by molar-refractivity contribution is 6.51. The maximum Gasteiger partial charge on any atom is 0.408 e. The van der Waals surface area contributed by atoms with E-state index in [1.165, 1.54) is 9.80 Å². The Labute approximate surface area is 342 Å². The maximum absolute atomic E-state index is 14.6. The number of ether oxygens (including phenoxy) is 1. The Morgan fingerprint density at radius 3 is 2.09 bits per heavy atom. The summed E-state index contributed by atoms with van der Waals surface area (Å²) in [4.78, 5) is 97.4. The van der Waals surface area contributed by atoms with Crippen molar-refractivity contribution >= 4 is 64.6 Å². The first-order chi connectivity index (χ1) is 26.9. The number of carbonyl (C=O) groups is 7. The van der Waals surface area contributed by atoms with Crippen molar-refractivity contribution in [2.45, 2.75) is 87.0 Å². The first-order valence-corrected chi connectivity index (χ1v) is 20.0. The van der Waals surface area contributed by atoms with Crippen molar-refractivity contribution < 1.29 is 38.3 Å². The van der Waals surface area contributed by atoms with E-state index in [2.05, 4.69) is 21.3 Å². The van der Waals surface area contributed by atoms with Gasteiger partial charge < -0.3 is 35.8 Å². The minimum absolute atomic E-state index is 0.0396. The minimum Gasteiger partial charge on any atom is -0.444 e. The van der Waals surface area contributed by atoms with Crippen LogP contribution in [-0.2, 0) is 46.3 Å². The van der Waals surface area contributed by atoms with E-state index in [1.807, 2.05) is 24.3 Å². The molecule has 3 fully saturated rings. The van der Waals surface area contributed by atoms with E-state index in [4.69, 9.17) is 27.9 Å². The van der Waals surface area contributed by atoms with Gasteiger partial charge in [-0.2, -0.15) is 0 Å². The third-order valence-corrected chi connectivity index (χ3v) is 12.1. The quantitative estimate of drug-likeness (QED) is 0.166. The number of ketones is 1. The normalized spacial score (nSPS) is 22.2. The Hall–Kier alpha value is -4.69. The molecule has 6 rings (SSSR count). The number of Topliss-reactive ketones (excluding diaryl/α,β-unsaturated/α-hetero) is 1. The van der Waals surface area contributed by atoms with Crippen LogP contribution >= 0.6 is 23.2 Å². The highest BCUT2D eigenvalue weighted by atomic mass is 35.5. The molecule has 57 heavy (non-hydrogen) atoms. The second kappa shape index (κ2) is 16.7. The van der Waals surface area contributed by atoms with Crippen LogP contribution in [0, 0.1) is 23.7 Å². The number of alkyl carbamates (subject to hydrolysis) is 1.